The van der Waals surface area contributed by atoms with Gasteiger partial charge in [-0.3, -0.25) is 9.69 Å². The molecule has 0 amide bonds. The van der Waals surface area contributed by atoms with Crippen LogP contribution >= 0.6 is 0 Å². The molecular weight excluding hydrogens is 228 g/mol. The van der Waals surface area contributed by atoms with Crippen LogP contribution in [0.15, 0.2) is 24.3 Å². The number of carbonyl (C=O) groups excluding carboxylic acids is 1. The maximum atomic E-state index is 12.2. The van der Waals surface area contributed by atoms with Gasteiger partial charge in [0, 0.05) is 26.2 Å². The van der Waals surface area contributed by atoms with Crippen molar-refractivity contribution in [3.8, 4) is 5.75 Å². The summed E-state index contributed by atoms with van der Waals surface area (Å²) < 4.78 is 5.23. The lowest BCUT2D eigenvalue weighted by molar-refractivity contribution is 0.0873. The average Bonchev–Trinajstić information content (AvgIpc) is 2.41. The van der Waals surface area contributed by atoms with Gasteiger partial charge in [0.2, 0.25) is 0 Å². The van der Waals surface area contributed by atoms with E-state index in [1.165, 1.54) is 0 Å². The first-order valence-corrected chi connectivity index (χ1v) is 6.28. The summed E-state index contributed by atoms with van der Waals surface area (Å²) in [5.41, 5.74) is 0.680. The Morgan fingerprint density at radius 1 is 1.22 bits per heavy atom. The summed E-state index contributed by atoms with van der Waals surface area (Å²) in [6.45, 7) is 4.45. The minimum absolute atomic E-state index is 0.136. The Bertz CT molecular complexity index is 412. The molecule has 4 nitrogen and oxygen atoms in total. The molecule has 4 heteroatoms. The normalized spacial score (nSPS) is 17.7. The Balaban J connectivity index is 1.99. The van der Waals surface area contributed by atoms with Crippen molar-refractivity contribution in [3.63, 3.8) is 0 Å². The Labute approximate surface area is 108 Å². The predicted octanol–water partition coefficient (Wildman–Crippen LogP) is 1.13. The van der Waals surface area contributed by atoms with E-state index < -0.39 is 0 Å². The average molecular weight is 248 g/mol. The van der Waals surface area contributed by atoms with Crippen LogP contribution in [0.3, 0.4) is 0 Å². The number of hydrogen-bond acceptors (Lipinski definition) is 4. The summed E-state index contributed by atoms with van der Waals surface area (Å²) in [4.78, 5) is 16.7. The molecule has 18 heavy (non-hydrogen) atoms. The number of rotatable bonds is 4. The lowest BCUT2D eigenvalue weighted by Gasteiger charge is -2.31. The molecule has 0 aliphatic carbocycles. The largest absolute Gasteiger partial charge is 0.496 e. The molecule has 0 bridgehead atoms. The van der Waals surface area contributed by atoms with Gasteiger partial charge in [-0.15, -0.1) is 0 Å². The van der Waals surface area contributed by atoms with Crippen molar-refractivity contribution in [1.29, 1.82) is 0 Å². The SMILES string of the molecule is COc1ccccc1C(=O)CN1CCN(C)CC1. The molecule has 0 radical (unpaired) electrons. The van der Waals surface area contributed by atoms with Crippen molar-refractivity contribution in [2.75, 3.05) is 46.9 Å². The molecule has 1 aliphatic rings. The van der Waals surface area contributed by atoms with Gasteiger partial charge in [-0.2, -0.15) is 0 Å². The second-order valence-corrected chi connectivity index (χ2v) is 4.70. The molecule has 1 saturated heterocycles. The van der Waals surface area contributed by atoms with Crippen LogP contribution in [0, 0.1) is 0 Å². The van der Waals surface area contributed by atoms with Crippen molar-refractivity contribution >= 4 is 5.78 Å². The molecular formula is C14H20N2O2. The van der Waals surface area contributed by atoms with Gasteiger partial charge < -0.3 is 9.64 Å². The van der Waals surface area contributed by atoms with Crippen LogP contribution in [-0.2, 0) is 0 Å². The number of ketones is 1. The van der Waals surface area contributed by atoms with Crippen molar-refractivity contribution in [2.45, 2.75) is 0 Å². The highest BCUT2D eigenvalue weighted by Gasteiger charge is 2.19. The number of hydrogen-bond donors (Lipinski definition) is 0. The minimum atomic E-state index is 0.136. The number of para-hydroxylation sites is 1. The maximum absolute atomic E-state index is 12.2. The van der Waals surface area contributed by atoms with Crippen molar-refractivity contribution < 1.29 is 9.53 Å². The van der Waals surface area contributed by atoms with E-state index in [1.54, 1.807) is 7.11 Å². The molecule has 0 saturated carbocycles. The second kappa shape index (κ2) is 5.98. The van der Waals surface area contributed by atoms with E-state index in [-0.39, 0.29) is 5.78 Å². The Hall–Kier alpha value is -1.39. The zero-order chi connectivity index (χ0) is 13.0. The van der Waals surface area contributed by atoms with Crippen molar-refractivity contribution in [2.24, 2.45) is 0 Å². The molecule has 0 N–H and O–H groups in total. The number of ether oxygens (including phenoxy) is 1. The molecule has 1 fully saturated rings. The van der Waals surface area contributed by atoms with Crippen LogP contribution in [0.5, 0.6) is 5.75 Å². The van der Waals surface area contributed by atoms with Gasteiger partial charge in [0.15, 0.2) is 5.78 Å². The van der Waals surface area contributed by atoms with Crippen LogP contribution in [0.1, 0.15) is 10.4 Å². The number of nitrogens with zero attached hydrogens (tertiary/aromatic N) is 2. The first kappa shape index (κ1) is 13.1. The summed E-state index contributed by atoms with van der Waals surface area (Å²) in [7, 11) is 3.71. The van der Waals surface area contributed by atoms with Crippen molar-refractivity contribution in [3.05, 3.63) is 29.8 Å². The van der Waals surface area contributed by atoms with E-state index in [9.17, 15) is 4.79 Å². The van der Waals surface area contributed by atoms with E-state index in [0.29, 0.717) is 17.9 Å². The highest BCUT2D eigenvalue weighted by molar-refractivity contribution is 6.00. The fraction of sp³-hybridized carbons (Fsp3) is 0.500. The first-order valence-electron chi connectivity index (χ1n) is 6.28. The molecule has 0 atom stereocenters. The molecule has 0 unspecified atom stereocenters. The van der Waals surface area contributed by atoms with Gasteiger partial charge in [-0.25, -0.2) is 0 Å². The van der Waals surface area contributed by atoms with Gasteiger partial charge in [0.1, 0.15) is 5.75 Å². The molecule has 1 aliphatic heterocycles. The smallest absolute Gasteiger partial charge is 0.180 e. The summed E-state index contributed by atoms with van der Waals surface area (Å²) in [5.74, 6) is 0.800. The minimum Gasteiger partial charge on any atom is -0.496 e. The zero-order valence-corrected chi connectivity index (χ0v) is 11.1. The molecule has 1 aromatic carbocycles. The van der Waals surface area contributed by atoms with Crippen molar-refractivity contribution in [1.82, 2.24) is 9.80 Å². The van der Waals surface area contributed by atoms with Crippen LogP contribution < -0.4 is 4.74 Å². The van der Waals surface area contributed by atoms with E-state index in [0.717, 1.165) is 26.2 Å². The van der Waals surface area contributed by atoms with Gasteiger partial charge in [0.05, 0.1) is 19.2 Å². The van der Waals surface area contributed by atoms with E-state index in [4.69, 9.17) is 4.74 Å². The molecule has 2 rings (SSSR count). The number of piperazine rings is 1. The zero-order valence-electron chi connectivity index (χ0n) is 11.1. The molecule has 1 heterocycles. The summed E-state index contributed by atoms with van der Waals surface area (Å²) in [6, 6.07) is 7.42. The second-order valence-electron chi connectivity index (χ2n) is 4.70. The Kier molecular flexibility index (Phi) is 4.33. The predicted molar refractivity (Wildman–Crippen MR) is 71.3 cm³/mol. The maximum Gasteiger partial charge on any atom is 0.180 e. The van der Waals surface area contributed by atoms with Crippen LogP contribution in [0.4, 0.5) is 0 Å². The molecule has 1 aromatic rings. The third kappa shape index (κ3) is 3.09. The molecule has 0 aromatic heterocycles. The number of methoxy groups -OCH3 is 1. The van der Waals surface area contributed by atoms with E-state index >= 15 is 0 Å². The number of carbonyl (C=O) groups is 1. The highest BCUT2D eigenvalue weighted by atomic mass is 16.5. The summed E-state index contributed by atoms with van der Waals surface area (Å²) in [6.07, 6.45) is 0. The number of likely N-dealkylation sites (N-methyl/N-ethyl adjacent to an activating group) is 1. The fourth-order valence-electron chi connectivity index (χ4n) is 2.17. The number of Topliss-reactive ketones (excluding diaryl/α,β-unsaturated/α-hetero) is 1. The molecule has 0 spiro atoms. The Morgan fingerprint density at radius 3 is 2.56 bits per heavy atom. The quantitative estimate of drug-likeness (QED) is 0.748. The topological polar surface area (TPSA) is 32.8 Å². The lowest BCUT2D eigenvalue weighted by Crippen LogP contribution is -2.46. The first-order chi connectivity index (χ1) is 8.70. The van der Waals surface area contributed by atoms with Gasteiger partial charge in [0.25, 0.3) is 0 Å². The highest BCUT2D eigenvalue weighted by Crippen LogP contribution is 2.18. The standard InChI is InChI=1S/C14H20N2O2/c1-15-7-9-16(10-8-15)11-13(17)12-5-3-4-6-14(12)18-2/h3-6H,7-11H2,1-2H3. The Morgan fingerprint density at radius 2 is 1.89 bits per heavy atom. The van der Waals surface area contributed by atoms with Gasteiger partial charge >= 0.3 is 0 Å². The van der Waals surface area contributed by atoms with Crippen LogP contribution in [0.25, 0.3) is 0 Å². The lowest BCUT2D eigenvalue weighted by atomic mass is 10.1. The third-order valence-corrected chi connectivity index (χ3v) is 3.37. The molecule has 98 valence electrons. The van der Waals surface area contributed by atoms with E-state index in [2.05, 4.69) is 16.8 Å². The fourth-order valence-corrected chi connectivity index (χ4v) is 2.17. The number of benzene rings is 1. The van der Waals surface area contributed by atoms with Gasteiger partial charge in [-0.05, 0) is 19.2 Å². The van der Waals surface area contributed by atoms with Crippen LogP contribution in [0.2, 0.25) is 0 Å². The summed E-state index contributed by atoms with van der Waals surface area (Å²) >= 11 is 0. The monoisotopic (exact) mass is 248 g/mol. The van der Waals surface area contributed by atoms with Gasteiger partial charge in [-0.1, -0.05) is 12.1 Å². The third-order valence-electron chi connectivity index (χ3n) is 3.37. The van der Waals surface area contributed by atoms with E-state index in [1.807, 2.05) is 24.3 Å². The van der Waals surface area contributed by atoms with Crippen LogP contribution in [-0.4, -0.2) is 62.5 Å². The summed E-state index contributed by atoms with van der Waals surface area (Å²) in [5, 5.41) is 0.